The Morgan fingerprint density at radius 2 is 1.78 bits per heavy atom. The normalized spacial score (nSPS) is 34.4. The van der Waals surface area contributed by atoms with Crippen molar-refractivity contribution in [2.24, 2.45) is 17.3 Å². The van der Waals surface area contributed by atoms with Gasteiger partial charge in [-0.25, -0.2) is 0 Å². The second-order valence-electron chi connectivity index (χ2n) is 6.44. The molecule has 2 saturated carbocycles. The van der Waals surface area contributed by atoms with Gasteiger partial charge >= 0.3 is 5.97 Å². The summed E-state index contributed by atoms with van der Waals surface area (Å²) in [7, 11) is 0. The minimum absolute atomic E-state index is 0.0538. The van der Waals surface area contributed by atoms with E-state index in [-0.39, 0.29) is 23.3 Å². The van der Waals surface area contributed by atoms with Crippen LogP contribution in [0.1, 0.15) is 52.4 Å². The van der Waals surface area contributed by atoms with Gasteiger partial charge in [-0.1, -0.05) is 33.1 Å². The third kappa shape index (κ3) is 2.85. The highest BCUT2D eigenvalue weighted by Crippen LogP contribution is 2.51. The first-order valence-electron chi connectivity index (χ1n) is 6.95. The van der Waals surface area contributed by atoms with E-state index < -0.39 is 11.9 Å². The molecule has 0 aromatic rings. The zero-order valence-electron chi connectivity index (χ0n) is 11.2. The number of aliphatic carboxylic acids is 1. The molecule has 0 saturated heterocycles. The standard InChI is InChI=1S/C14H23NO3/c1-14(2)8-10(14)12(16)15-11-7-5-3-4-6-9(11)13(17)18/h9-11H,3-8H2,1-2H3,(H,15,16)(H,17,18)/t9-,10?,11+/m1/s1. The van der Waals surface area contributed by atoms with E-state index in [1.807, 2.05) is 0 Å². The molecule has 1 unspecified atom stereocenters. The maximum Gasteiger partial charge on any atom is 0.308 e. The fourth-order valence-corrected chi connectivity index (χ4v) is 2.97. The molecule has 0 bridgehead atoms. The van der Waals surface area contributed by atoms with Crippen molar-refractivity contribution in [1.29, 1.82) is 0 Å². The Morgan fingerprint density at radius 1 is 1.17 bits per heavy atom. The van der Waals surface area contributed by atoms with Crippen molar-refractivity contribution in [3.8, 4) is 0 Å². The fraction of sp³-hybridized carbons (Fsp3) is 0.857. The van der Waals surface area contributed by atoms with Gasteiger partial charge in [-0.05, 0) is 24.7 Å². The molecule has 2 rings (SSSR count). The zero-order chi connectivity index (χ0) is 13.3. The molecule has 0 aliphatic heterocycles. The van der Waals surface area contributed by atoms with Gasteiger partial charge in [0.1, 0.15) is 0 Å². The van der Waals surface area contributed by atoms with Gasteiger partial charge in [0.15, 0.2) is 0 Å². The fourth-order valence-electron chi connectivity index (χ4n) is 2.97. The lowest BCUT2D eigenvalue weighted by Gasteiger charge is -2.23. The first-order valence-corrected chi connectivity index (χ1v) is 6.95. The van der Waals surface area contributed by atoms with Gasteiger partial charge in [-0.2, -0.15) is 0 Å². The number of amides is 1. The van der Waals surface area contributed by atoms with Gasteiger partial charge in [-0.15, -0.1) is 0 Å². The molecule has 2 aliphatic rings. The highest BCUT2D eigenvalue weighted by molar-refractivity contribution is 5.83. The molecule has 2 N–H and O–H groups in total. The lowest BCUT2D eigenvalue weighted by atomic mass is 9.94. The second kappa shape index (κ2) is 4.90. The molecule has 4 heteroatoms. The van der Waals surface area contributed by atoms with Crippen LogP contribution in [0.4, 0.5) is 0 Å². The van der Waals surface area contributed by atoms with E-state index in [4.69, 9.17) is 0 Å². The van der Waals surface area contributed by atoms with Crippen molar-refractivity contribution in [3.63, 3.8) is 0 Å². The van der Waals surface area contributed by atoms with Gasteiger partial charge in [0.25, 0.3) is 0 Å². The SMILES string of the molecule is CC1(C)CC1C(=O)N[C@H]1CCCCC[C@H]1C(=O)O. The van der Waals surface area contributed by atoms with Crippen LogP contribution < -0.4 is 5.32 Å². The molecular weight excluding hydrogens is 230 g/mol. The molecule has 0 spiro atoms. The third-order valence-electron chi connectivity index (χ3n) is 4.49. The van der Waals surface area contributed by atoms with Crippen LogP contribution in [0.3, 0.4) is 0 Å². The van der Waals surface area contributed by atoms with Crippen LogP contribution in [0.15, 0.2) is 0 Å². The number of rotatable bonds is 3. The Labute approximate surface area is 108 Å². The highest BCUT2D eigenvalue weighted by Gasteiger charge is 2.51. The average Bonchev–Trinajstić information content (AvgIpc) is 2.96. The summed E-state index contributed by atoms with van der Waals surface area (Å²) < 4.78 is 0. The molecule has 2 aliphatic carbocycles. The van der Waals surface area contributed by atoms with Crippen LogP contribution in [0.5, 0.6) is 0 Å². The van der Waals surface area contributed by atoms with Crippen molar-refractivity contribution in [2.75, 3.05) is 0 Å². The Bertz CT molecular complexity index is 351. The highest BCUT2D eigenvalue weighted by atomic mass is 16.4. The smallest absolute Gasteiger partial charge is 0.308 e. The molecule has 4 nitrogen and oxygen atoms in total. The van der Waals surface area contributed by atoms with Crippen molar-refractivity contribution in [1.82, 2.24) is 5.32 Å². The number of carbonyl (C=O) groups is 2. The van der Waals surface area contributed by atoms with Crippen LogP contribution in [0, 0.1) is 17.3 Å². The Hall–Kier alpha value is -1.06. The molecule has 1 amide bonds. The summed E-state index contributed by atoms with van der Waals surface area (Å²) in [5.41, 5.74) is 0.105. The summed E-state index contributed by atoms with van der Waals surface area (Å²) in [6, 6.07) is -0.172. The van der Waals surface area contributed by atoms with Gasteiger partial charge in [0, 0.05) is 12.0 Å². The monoisotopic (exact) mass is 253 g/mol. The minimum Gasteiger partial charge on any atom is -0.481 e. The van der Waals surface area contributed by atoms with E-state index in [2.05, 4.69) is 19.2 Å². The molecule has 102 valence electrons. The van der Waals surface area contributed by atoms with Gasteiger partial charge in [0.05, 0.1) is 5.92 Å². The summed E-state index contributed by atoms with van der Waals surface area (Å²) in [5, 5.41) is 12.2. The number of carboxylic acid groups (broad SMARTS) is 1. The summed E-state index contributed by atoms with van der Waals surface area (Å²) in [4.78, 5) is 23.3. The van der Waals surface area contributed by atoms with Gasteiger partial charge in [-0.3, -0.25) is 9.59 Å². The van der Waals surface area contributed by atoms with Crippen molar-refractivity contribution in [3.05, 3.63) is 0 Å². The quantitative estimate of drug-likeness (QED) is 0.758. The number of hydrogen-bond acceptors (Lipinski definition) is 2. The van der Waals surface area contributed by atoms with Crippen LogP contribution in [-0.2, 0) is 9.59 Å². The van der Waals surface area contributed by atoms with Crippen LogP contribution in [-0.4, -0.2) is 23.0 Å². The summed E-state index contributed by atoms with van der Waals surface area (Å²) >= 11 is 0. The van der Waals surface area contributed by atoms with Crippen LogP contribution in [0.25, 0.3) is 0 Å². The Morgan fingerprint density at radius 3 is 2.33 bits per heavy atom. The van der Waals surface area contributed by atoms with E-state index >= 15 is 0 Å². The number of hydrogen-bond donors (Lipinski definition) is 2. The number of carbonyl (C=O) groups excluding carboxylic acids is 1. The van der Waals surface area contributed by atoms with Gasteiger partial charge in [0.2, 0.25) is 5.91 Å². The number of carboxylic acids is 1. The molecule has 2 fully saturated rings. The van der Waals surface area contributed by atoms with E-state index in [1.165, 1.54) is 0 Å². The molecule has 3 atom stereocenters. The maximum absolute atomic E-state index is 12.1. The molecule has 18 heavy (non-hydrogen) atoms. The van der Waals surface area contributed by atoms with Crippen LogP contribution in [0.2, 0.25) is 0 Å². The van der Waals surface area contributed by atoms with Crippen molar-refractivity contribution >= 4 is 11.9 Å². The summed E-state index contributed by atoms with van der Waals surface area (Å²) in [6.45, 7) is 4.16. The molecule has 0 heterocycles. The Balaban J connectivity index is 1.96. The summed E-state index contributed by atoms with van der Waals surface area (Å²) in [6.07, 6.45) is 5.46. The topological polar surface area (TPSA) is 66.4 Å². The van der Waals surface area contributed by atoms with E-state index in [0.29, 0.717) is 6.42 Å². The van der Waals surface area contributed by atoms with Gasteiger partial charge < -0.3 is 10.4 Å². The van der Waals surface area contributed by atoms with E-state index in [9.17, 15) is 14.7 Å². The minimum atomic E-state index is -0.766. The van der Waals surface area contributed by atoms with Crippen molar-refractivity contribution in [2.45, 2.75) is 58.4 Å². The maximum atomic E-state index is 12.1. The first-order chi connectivity index (χ1) is 8.42. The second-order valence-corrected chi connectivity index (χ2v) is 6.44. The first kappa shape index (κ1) is 13.4. The van der Waals surface area contributed by atoms with E-state index in [1.54, 1.807) is 0 Å². The van der Waals surface area contributed by atoms with Crippen molar-refractivity contribution < 1.29 is 14.7 Å². The average molecular weight is 253 g/mol. The molecule has 0 aromatic carbocycles. The lowest BCUT2D eigenvalue weighted by Crippen LogP contribution is -2.43. The Kier molecular flexibility index (Phi) is 3.64. The summed E-state index contributed by atoms with van der Waals surface area (Å²) in [5.74, 6) is -1.04. The zero-order valence-corrected chi connectivity index (χ0v) is 11.2. The van der Waals surface area contributed by atoms with E-state index in [0.717, 1.165) is 32.1 Å². The predicted molar refractivity (Wildman–Crippen MR) is 68.0 cm³/mol. The van der Waals surface area contributed by atoms with Crippen LogP contribution >= 0.6 is 0 Å². The largest absolute Gasteiger partial charge is 0.481 e. The third-order valence-corrected chi connectivity index (χ3v) is 4.49. The predicted octanol–water partition coefficient (Wildman–Crippen LogP) is 2.18. The molecular formula is C14H23NO3. The molecule has 0 aromatic heterocycles. The molecule has 0 radical (unpaired) electrons. The lowest BCUT2D eigenvalue weighted by molar-refractivity contribution is -0.143. The number of nitrogens with one attached hydrogen (secondary N) is 1.